The quantitative estimate of drug-likeness (QED) is 0.350. The number of nitrogens with one attached hydrogen (secondary N) is 2. The number of amides is 5. The third kappa shape index (κ3) is 5.45. The summed E-state index contributed by atoms with van der Waals surface area (Å²) in [6.45, 7) is 7.86. The molecule has 1 spiro atoms. The first-order chi connectivity index (χ1) is 19.5. The number of carbonyl (C=O) groups excluding carboxylic acids is 5. The van der Waals surface area contributed by atoms with Gasteiger partial charge in [0.2, 0.25) is 17.7 Å². The minimum absolute atomic E-state index is 0.0679. The van der Waals surface area contributed by atoms with Crippen molar-refractivity contribution in [2.75, 3.05) is 6.54 Å². The van der Waals surface area contributed by atoms with Gasteiger partial charge < -0.3 is 20.3 Å². The molecule has 2 saturated carbocycles. The molecule has 10 nitrogen and oxygen atoms in total. The van der Waals surface area contributed by atoms with Crippen molar-refractivity contribution in [2.45, 2.75) is 97.0 Å². The van der Waals surface area contributed by atoms with E-state index in [4.69, 9.17) is 4.74 Å². The van der Waals surface area contributed by atoms with Crippen molar-refractivity contribution in [2.24, 2.45) is 23.2 Å². The van der Waals surface area contributed by atoms with E-state index in [0.29, 0.717) is 25.8 Å². The Morgan fingerprint density at radius 1 is 0.951 bits per heavy atom. The number of likely N-dealkylation sites (tertiary alicyclic amines) is 2. The van der Waals surface area contributed by atoms with Gasteiger partial charge in [-0.05, 0) is 49.5 Å². The van der Waals surface area contributed by atoms with E-state index < -0.39 is 29.5 Å². The van der Waals surface area contributed by atoms with Crippen molar-refractivity contribution < 1.29 is 28.7 Å². The zero-order chi connectivity index (χ0) is 29.5. The third-order valence-corrected chi connectivity index (χ3v) is 9.25. The van der Waals surface area contributed by atoms with Crippen molar-refractivity contribution in [1.29, 1.82) is 0 Å². The fraction of sp³-hybridized carbons (Fsp3) is 0.645. The molecule has 2 saturated heterocycles. The number of carbonyl (C=O) groups is 5. The Kier molecular flexibility index (Phi) is 8.12. The summed E-state index contributed by atoms with van der Waals surface area (Å²) >= 11 is 0. The Bertz CT molecular complexity index is 1190. The number of nitrogens with zero attached hydrogens (tertiary/aromatic N) is 2. The van der Waals surface area contributed by atoms with Crippen LogP contribution in [-0.2, 0) is 30.5 Å². The van der Waals surface area contributed by atoms with Gasteiger partial charge in [0, 0.05) is 12.5 Å². The Labute approximate surface area is 241 Å². The Balaban J connectivity index is 1.26. The van der Waals surface area contributed by atoms with Crippen LogP contribution < -0.4 is 10.6 Å². The molecule has 5 rings (SSSR count). The normalized spacial score (nSPS) is 24.2. The zero-order valence-corrected chi connectivity index (χ0v) is 24.4. The van der Waals surface area contributed by atoms with Gasteiger partial charge in [0.25, 0.3) is 0 Å². The summed E-state index contributed by atoms with van der Waals surface area (Å²) in [6.07, 6.45) is 4.44. The van der Waals surface area contributed by atoms with Crippen LogP contribution in [-0.4, -0.2) is 70.2 Å². The highest BCUT2D eigenvalue weighted by Gasteiger charge is 2.68. The Morgan fingerprint density at radius 2 is 1.59 bits per heavy atom. The van der Waals surface area contributed by atoms with E-state index in [-0.39, 0.29) is 54.2 Å². The minimum Gasteiger partial charge on any atom is -0.459 e. The molecule has 2 N–H and O–H groups in total. The highest BCUT2D eigenvalue weighted by Crippen LogP contribution is 2.56. The van der Waals surface area contributed by atoms with Crippen LogP contribution in [0.2, 0.25) is 0 Å². The number of esters is 1. The summed E-state index contributed by atoms with van der Waals surface area (Å²) in [6, 6.07) is 6.26. The largest absolute Gasteiger partial charge is 0.459 e. The first-order valence-corrected chi connectivity index (χ1v) is 15.0. The summed E-state index contributed by atoms with van der Waals surface area (Å²) in [4.78, 5) is 69.9. The second-order valence-electron chi connectivity index (χ2n) is 12.8. The molecule has 0 unspecified atom stereocenters. The molecule has 2 aliphatic heterocycles. The van der Waals surface area contributed by atoms with Gasteiger partial charge in [0.05, 0.1) is 17.5 Å². The topological polar surface area (TPSA) is 125 Å². The fourth-order valence-corrected chi connectivity index (χ4v) is 6.67. The predicted molar refractivity (Wildman–Crippen MR) is 150 cm³/mol. The van der Waals surface area contributed by atoms with Crippen LogP contribution in [0, 0.1) is 23.2 Å². The molecule has 0 aromatic heterocycles. The molecule has 4 fully saturated rings. The monoisotopic (exact) mass is 566 g/mol. The average molecular weight is 567 g/mol. The zero-order valence-electron chi connectivity index (χ0n) is 24.4. The van der Waals surface area contributed by atoms with Crippen LogP contribution in [0.15, 0.2) is 30.3 Å². The number of hydrogen-bond donors (Lipinski definition) is 2. The molecule has 0 bridgehead atoms. The number of rotatable bonds is 9. The van der Waals surface area contributed by atoms with E-state index in [9.17, 15) is 24.0 Å². The van der Waals surface area contributed by atoms with Crippen molar-refractivity contribution >= 4 is 29.7 Å². The molecular weight excluding hydrogens is 524 g/mol. The van der Waals surface area contributed by atoms with Crippen LogP contribution in [0.3, 0.4) is 0 Å². The summed E-state index contributed by atoms with van der Waals surface area (Å²) in [7, 11) is 0. The smallest absolute Gasteiger partial charge is 0.329 e. The highest BCUT2D eigenvalue weighted by molar-refractivity contribution is 6.04. The lowest BCUT2D eigenvalue weighted by Gasteiger charge is -2.44. The number of ether oxygens (including phenoxy) is 1. The van der Waals surface area contributed by atoms with Gasteiger partial charge in [-0.25, -0.2) is 9.59 Å². The Morgan fingerprint density at radius 3 is 2.15 bits per heavy atom. The Hall–Kier alpha value is -3.43. The van der Waals surface area contributed by atoms with E-state index in [0.717, 1.165) is 24.8 Å². The summed E-state index contributed by atoms with van der Waals surface area (Å²) in [5.74, 6) is -1.56. The average Bonchev–Trinajstić information content (AvgIpc) is 3.63. The fourth-order valence-electron chi connectivity index (χ4n) is 6.67. The van der Waals surface area contributed by atoms with Gasteiger partial charge in [0.15, 0.2) is 0 Å². The maximum atomic E-state index is 14.0. The molecule has 1 aromatic carbocycles. The van der Waals surface area contributed by atoms with Gasteiger partial charge in [-0.2, -0.15) is 0 Å². The van der Waals surface area contributed by atoms with Gasteiger partial charge in [-0.3, -0.25) is 19.3 Å². The first-order valence-electron chi connectivity index (χ1n) is 15.0. The molecule has 0 radical (unpaired) electrons. The minimum atomic E-state index is -0.898. The maximum absolute atomic E-state index is 14.0. The predicted octanol–water partition coefficient (Wildman–Crippen LogP) is 3.00. The second kappa shape index (κ2) is 11.4. The van der Waals surface area contributed by atoms with Crippen LogP contribution >= 0.6 is 0 Å². The molecule has 1 aromatic rings. The second-order valence-corrected chi connectivity index (χ2v) is 12.8. The molecule has 2 heterocycles. The highest BCUT2D eigenvalue weighted by atomic mass is 16.5. The third-order valence-electron chi connectivity index (χ3n) is 9.25. The van der Waals surface area contributed by atoms with Crippen LogP contribution in [0.5, 0.6) is 0 Å². The molecular formula is C31H42N4O6. The lowest BCUT2D eigenvalue weighted by molar-refractivity contribution is -0.152. The van der Waals surface area contributed by atoms with Gasteiger partial charge in [-0.15, -0.1) is 0 Å². The number of fused-ring (bicyclic) bond motifs is 2. The van der Waals surface area contributed by atoms with E-state index in [1.54, 1.807) is 4.90 Å². The molecule has 2 aliphatic carbocycles. The molecule has 222 valence electrons. The number of benzene rings is 1. The number of imide groups is 1. The summed E-state index contributed by atoms with van der Waals surface area (Å²) in [5, 5.41) is 5.52. The molecule has 10 heteroatoms. The van der Waals surface area contributed by atoms with Gasteiger partial charge >= 0.3 is 12.0 Å². The molecule has 41 heavy (non-hydrogen) atoms. The molecule has 4 aliphatic rings. The van der Waals surface area contributed by atoms with Crippen molar-refractivity contribution in [3.05, 3.63) is 35.9 Å². The number of urea groups is 1. The maximum Gasteiger partial charge on any atom is 0.329 e. The molecule has 4 atom stereocenters. The number of hydrogen-bond acceptors (Lipinski definition) is 6. The van der Waals surface area contributed by atoms with Crippen molar-refractivity contribution in [3.8, 4) is 0 Å². The van der Waals surface area contributed by atoms with E-state index in [1.165, 1.54) is 4.90 Å². The lowest BCUT2D eigenvalue weighted by atomic mass is 9.64. The van der Waals surface area contributed by atoms with Crippen molar-refractivity contribution in [1.82, 2.24) is 20.4 Å². The SMILES string of the molecule is CC(C)[C@H](NC(=O)N[C@H](C(=O)N1CC[C@H]2[C@H]1C1(CCC1)C(=O)N2C(=O)C1CC1)C(C)C)C(=O)OCc1ccccc1. The van der Waals surface area contributed by atoms with E-state index >= 15 is 0 Å². The van der Waals surface area contributed by atoms with E-state index in [2.05, 4.69) is 10.6 Å². The van der Waals surface area contributed by atoms with E-state index in [1.807, 2.05) is 58.0 Å². The van der Waals surface area contributed by atoms with Gasteiger partial charge in [-0.1, -0.05) is 64.4 Å². The van der Waals surface area contributed by atoms with Crippen LogP contribution in [0.25, 0.3) is 0 Å². The first kappa shape index (κ1) is 29.1. The van der Waals surface area contributed by atoms with Crippen LogP contribution in [0.4, 0.5) is 4.79 Å². The van der Waals surface area contributed by atoms with Crippen LogP contribution in [0.1, 0.15) is 71.8 Å². The lowest BCUT2D eigenvalue weighted by Crippen LogP contribution is -2.60. The standard InChI is InChI=1S/C31H42N4O6/c1-18(2)23(32-30(40)33-24(19(3)4)28(38)41-17-20-9-6-5-7-10-20)27(37)34-16-13-22-25(34)31(14-8-15-31)29(39)35(22)26(36)21-11-12-21/h5-7,9-10,18-19,21-25H,8,11-17H2,1-4H3,(H2,32,33,40)/t22-,23-,24-,25-/m0/s1. The summed E-state index contributed by atoms with van der Waals surface area (Å²) < 4.78 is 5.46. The van der Waals surface area contributed by atoms with Gasteiger partial charge in [0.1, 0.15) is 18.7 Å². The molecule has 5 amide bonds. The summed E-state index contributed by atoms with van der Waals surface area (Å²) in [5.41, 5.74) is 0.144. The van der Waals surface area contributed by atoms with Crippen molar-refractivity contribution in [3.63, 3.8) is 0 Å².